The molecule has 0 amide bonds. The summed E-state index contributed by atoms with van der Waals surface area (Å²) >= 11 is 0. The van der Waals surface area contributed by atoms with E-state index in [-0.39, 0.29) is 11.3 Å². The lowest BCUT2D eigenvalue weighted by molar-refractivity contribution is -0.201. The van der Waals surface area contributed by atoms with E-state index < -0.39 is 17.7 Å². The Balaban J connectivity index is 2.63. The maximum absolute atomic E-state index is 13.8. The van der Waals surface area contributed by atoms with Crippen LogP contribution in [0.3, 0.4) is 0 Å². The van der Waals surface area contributed by atoms with E-state index >= 15 is 0 Å². The fraction of sp³-hybridized carbons (Fsp3) is 0.188. The molecule has 0 saturated carbocycles. The minimum absolute atomic E-state index is 0.161. The summed E-state index contributed by atoms with van der Waals surface area (Å²) in [4.78, 5) is 12.1. The average Bonchev–Trinajstić information content (AvgIpc) is 2.52. The standard InChI is InChI=1S/C16H14F3NO2/c1-22-14(21)15(16(17,18)19,12-8-4-2-5-9-12)20-13-10-6-3-7-11-13/h2-11,20H,1H3. The highest BCUT2D eigenvalue weighted by molar-refractivity contribution is 5.87. The quantitative estimate of drug-likeness (QED) is 0.875. The lowest BCUT2D eigenvalue weighted by Crippen LogP contribution is -2.55. The second kappa shape index (κ2) is 6.09. The number of carbonyl (C=O) groups excluding carboxylic acids is 1. The summed E-state index contributed by atoms with van der Waals surface area (Å²) in [6.45, 7) is 0. The van der Waals surface area contributed by atoms with Gasteiger partial charge in [-0.15, -0.1) is 0 Å². The van der Waals surface area contributed by atoms with Gasteiger partial charge >= 0.3 is 12.1 Å². The van der Waals surface area contributed by atoms with Crippen molar-refractivity contribution in [2.45, 2.75) is 11.7 Å². The van der Waals surface area contributed by atoms with E-state index in [0.29, 0.717) is 0 Å². The van der Waals surface area contributed by atoms with Crippen molar-refractivity contribution in [2.75, 3.05) is 12.4 Å². The number of para-hydroxylation sites is 1. The highest BCUT2D eigenvalue weighted by Gasteiger charge is 2.63. The lowest BCUT2D eigenvalue weighted by Gasteiger charge is -2.35. The first-order valence-corrected chi connectivity index (χ1v) is 6.45. The van der Waals surface area contributed by atoms with Crippen molar-refractivity contribution in [3.63, 3.8) is 0 Å². The summed E-state index contributed by atoms with van der Waals surface area (Å²) in [7, 11) is 0.929. The Bertz CT molecular complexity index is 629. The van der Waals surface area contributed by atoms with Gasteiger partial charge in [0.05, 0.1) is 7.11 Å². The molecule has 0 saturated heterocycles. The largest absolute Gasteiger partial charge is 0.467 e. The van der Waals surface area contributed by atoms with Crippen LogP contribution in [-0.2, 0) is 15.1 Å². The van der Waals surface area contributed by atoms with Crippen LogP contribution in [0.4, 0.5) is 18.9 Å². The van der Waals surface area contributed by atoms with E-state index in [2.05, 4.69) is 10.1 Å². The van der Waals surface area contributed by atoms with Crippen LogP contribution in [0, 0.1) is 0 Å². The highest BCUT2D eigenvalue weighted by atomic mass is 19.4. The number of halogens is 3. The second-order valence-electron chi connectivity index (χ2n) is 4.60. The first kappa shape index (κ1) is 15.9. The van der Waals surface area contributed by atoms with Gasteiger partial charge in [0.2, 0.25) is 0 Å². The number of carbonyl (C=O) groups is 1. The molecule has 3 nitrogen and oxygen atoms in total. The highest BCUT2D eigenvalue weighted by Crippen LogP contribution is 2.42. The zero-order valence-corrected chi connectivity index (χ0v) is 11.7. The van der Waals surface area contributed by atoms with Gasteiger partial charge in [-0.1, -0.05) is 48.5 Å². The molecule has 2 aromatic carbocycles. The van der Waals surface area contributed by atoms with Crippen LogP contribution in [0.5, 0.6) is 0 Å². The molecule has 0 spiro atoms. The van der Waals surface area contributed by atoms with Crippen molar-refractivity contribution in [1.29, 1.82) is 0 Å². The molecule has 0 heterocycles. The Labute approximate surface area is 125 Å². The van der Waals surface area contributed by atoms with Crippen LogP contribution >= 0.6 is 0 Å². The van der Waals surface area contributed by atoms with E-state index in [1.54, 1.807) is 24.3 Å². The van der Waals surface area contributed by atoms with Crippen LogP contribution in [0.1, 0.15) is 5.56 Å². The zero-order chi connectivity index (χ0) is 16.2. The first-order chi connectivity index (χ1) is 10.4. The van der Waals surface area contributed by atoms with Crippen molar-refractivity contribution < 1.29 is 22.7 Å². The number of rotatable bonds is 4. The van der Waals surface area contributed by atoms with Crippen molar-refractivity contribution in [2.24, 2.45) is 0 Å². The summed E-state index contributed by atoms with van der Waals surface area (Å²) in [6.07, 6.45) is -4.89. The number of esters is 1. The molecular weight excluding hydrogens is 295 g/mol. The van der Waals surface area contributed by atoms with Crippen LogP contribution in [0.15, 0.2) is 60.7 Å². The molecular formula is C16H14F3NO2. The molecule has 0 bridgehead atoms. The maximum atomic E-state index is 13.8. The third-order valence-corrected chi connectivity index (χ3v) is 3.23. The molecule has 0 aromatic heterocycles. The number of ether oxygens (including phenoxy) is 1. The molecule has 0 aliphatic heterocycles. The number of anilines is 1. The summed E-state index contributed by atoms with van der Waals surface area (Å²) in [5.74, 6) is -1.42. The van der Waals surface area contributed by atoms with Crippen LogP contribution in [0.2, 0.25) is 0 Å². The molecule has 6 heteroatoms. The van der Waals surface area contributed by atoms with E-state index in [0.717, 1.165) is 7.11 Å². The average molecular weight is 309 g/mol. The minimum Gasteiger partial charge on any atom is -0.467 e. The predicted octanol–water partition coefficient (Wildman–Crippen LogP) is 3.73. The SMILES string of the molecule is COC(=O)C(Nc1ccccc1)(c1ccccc1)C(F)(F)F. The van der Waals surface area contributed by atoms with Crippen molar-refractivity contribution in [3.8, 4) is 0 Å². The number of benzene rings is 2. The summed E-state index contributed by atoms with van der Waals surface area (Å²) in [6, 6.07) is 14.6. The third-order valence-electron chi connectivity index (χ3n) is 3.23. The molecule has 2 rings (SSSR count). The van der Waals surface area contributed by atoms with Crippen LogP contribution in [0.25, 0.3) is 0 Å². The molecule has 2 aromatic rings. The summed E-state index contributed by atoms with van der Waals surface area (Å²) < 4.78 is 45.9. The van der Waals surface area contributed by atoms with Gasteiger partial charge in [-0.05, 0) is 17.7 Å². The van der Waals surface area contributed by atoms with Gasteiger partial charge in [-0.3, -0.25) is 0 Å². The number of nitrogens with one attached hydrogen (secondary N) is 1. The Morgan fingerprint density at radius 3 is 1.91 bits per heavy atom. The summed E-state index contributed by atoms with van der Waals surface area (Å²) in [5, 5.41) is 2.30. The predicted molar refractivity (Wildman–Crippen MR) is 76.3 cm³/mol. The fourth-order valence-electron chi connectivity index (χ4n) is 2.17. The smallest absolute Gasteiger partial charge is 0.426 e. The van der Waals surface area contributed by atoms with E-state index in [1.807, 2.05) is 0 Å². The molecule has 0 radical (unpaired) electrons. The fourth-order valence-corrected chi connectivity index (χ4v) is 2.17. The molecule has 0 fully saturated rings. The van der Waals surface area contributed by atoms with E-state index in [1.165, 1.54) is 36.4 Å². The van der Waals surface area contributed by atoms with Gasteiger partial charge in [0, 0.05) is 5.69 Å². The second-order valence-corrected chi connectivity index (χ2v) is 4.60. The van der Waals surface area contributed by atoms with E-state index in [4.69, 9.17) is 0 Å². The topological polar surface area (TPSA) is 38.3 Å². The van der Waals surface area contributed by atoms with Crippen LogP contribution in [-0.4, -0.2) is 19.3 Å². The molecule has 22 heavy (non-hydrogen) atoms. The number of hydrogen-bond acceptors (Lipinski definition) is 3. The monoisotopic (exact) mass is 309 g/mol. The number of alkyl halides is 3. The minimum atomic E-state index is -4.89. The van der Waals surface area contributed by atoms with Crippen LogP contribution < -0.4 is 5.32 Å². The molecule has 0 aliphatic carbocycles. The van der Waals surface area contributed by atoms with Crippen molar-refractivity contribution in [1.82, 2.24) is 0 Å². The Morgan fingerprint density at radius 2 is 1.45 bits per heavy atom. The molecule has 1 N–H and O–H groups in total. The Hall–Kier alpha value is -2.50. The summed E-state index contributed by atoms with van der Waals surface area (Å²) in [5.41, 5.74) is -3.04. The maximum Gasteiger partial charge on any atom is 0.426 e. The van der Waals surface area contributed by atoms with Gasteiger partial charge in [-0.2, -0.15) is 13.2 Å². The number of hydrogen-bond donors (Lipinski definition) is 1. The van der Waals surface area contributed by atoms with Gasteiger partial charge in [0.15, 0.2) is 0 Å². The third kappa shape index (κ3) is 2.77. The normalized spacial score (nSPS) is 14.0. The number of methoxy groups -OCH3 is 1. The van der Waals surface area contributed by atoms with Crippen molar-refractivity contribution >= 4 is 11.7 Å². The van der Waals surface area contributed by atoms with E-state index in [9.17, 15) is 18.0 Å². The molecule has 116 valence electrons. The van der Waals surface area contributed by atoms with Crippen molar-refractivity contribution in [3.05, 3.63) is 66.2 Å². The van der Waals surface area contributed by atoms with Gasteiger partial charge in [-0.25, -0.2) is 4.79 Å². The first-order valence-electron chi connectivity index (χ1n) is 6.45. The molecule has 1 unspecified atom stereocenters. The van der Waals surface area contributed by atoms with Gasteiger partial charge < -0.3 is 10.1 Å². The molecule has 0 aliphatic rings. The zero-order valence-electron chi connectivity index (χ0n) is 11.7. The molecule has 1 atom stereocenters. The van der Waals surface area contributed by atoms with Gasteiger partial charge in [0.25, 0.3) is 5.54 Å². The Morgan fingerprint density at radius 1 is 0.955 bits per heavy atom. The van der Waals surface area contributed by atoms with Gasteiger partial charge in [0.1, 0.15) is 0 Å². The lowest BCUT2D eigenvalue weighted by atomic mass is 9.88. The Kier molecular flexibility index (Phi) is 4.40.